The number of hydrogen-bond acceptors (Lipinski definition) is 3. The fourth-order valence-corrected chi connectivity index (χ4v) is 5.06. The summed E-state index contributed by atoms with van der Waals surface area (Å²) in [7, 11) is 1.66. The summed E-state index contributed by atoms with van der Waals surface area (Å²) in [6, 6.07) is 11.0. The SMILES string of the molecule is [C-]#[N+]c1ccc(N2C(=O)C3(CCC3)N(c3ccc(CCCC(N)=NC)cc3)C2=S)cc1C(F)(F)F. The lowest BCUT2D eigenvalue weighted by Gasteiger charge is -2.43. The van der Waals surface area contributed by atoms with Gasteiger partial charge in [-0.15, -0.1) is 0 Å². The van der Waals surface area contributed by atoms with Crippen LogP contribution >= 0.6 is 12.2 Å². The van der Waals surface area contributed by atoms with Crippen molar-refractivity contribution in [3.63, 3.8) is 0 Å². The normalized spacial score (nSPS) is 17.6. The lowest BCUT2D eigenvalue weighted by atomic mass is 9.75. The van der Waals surface area contributed by atoms with Crippen LogP contribution in [0.5, 0.6) is 0 Å². The Bertz CT molecular complexity index is 1230. The van der Waals surface area contributed by atoms with Gasteiger partial charge in [0.05, 0.1) is 18.0 Å². The maximum atomic E-state index is 13.6. The first-order valence-corrected chi connectivity index (χ1v) is 11.6. The minimum absolute atomic E-state index is 0.0142. The number of thiocarbonyl (C=S) groups is 1. The van der Waals surface area contributed by atoms with E-state index in [1.54, 1.807) is 11.9 Å². The zero-order chi connectivity index (χ0) is 25.4. The molecule has 0 atom stereocenters. The van der Waals surface area contributed by atoms with Gasteiger partial charge >= 0.3 is 6.18 Å². The number of halogens is 3. The van der Waals surface area contributed by atoms with E-state index in [0.29, 0.717) is 25.1 Å². The lowest BCUT2D eigenvalue weighted by Crippen LogP contribution is -2.55. The van der Waals surface area contributed by atoms with Gasteiger partial charge in [-0.2, -0.15) is 13.2 Å². The van der Waals surface area contributed by atoms with Gasteiger partial charge in [-0.1, -0.05) is 18.2 Å². The summed E-state index contributed by atoms with van der Waals surface area (Å²) in [5.74, 6) is 0.267. The van der Waals surface area contributed by atoms with Crippen LogP contribution in [0.4, 0.5) is 30.2 Å². The zero-order valence-corrected chi connectivity index (χ0v) is 19.9. The Morgan fingerprint density at radius 1 is 1.20 bits per heavy atom. The molecular formula is C25H24F3N5OS. The first-order chi connectivity index (χ1) is 16.6. The number of amidine groups is 1. The highest BCUT2D eigenvalue weighted by Gasteiger charge is 2.59. The van der Waals surface area contributed by atoms with E-state index in [-0.39, 0.29) is 16.7 Å². The van der Waals surface area contributed by atoms with Gasteiger partial charge in [-0.3, -0.25) is 14.7 Å². The Morgan fingerprint density at radius 2 is 1.86 bits per heavy atom. The first kappa shape index (κ1) is 24.7. The summed E-state index contributed by atoms with van der Waals surface area (Å²) < 4.78 is 40.7. The molecular weight excluding hydrogens is 475 g/mol. The summed E-state index contributed by atoms with van der Waals surface area (Å²) in [4.78, 5) is 23.4. The van der Waals surface area contributed by atoms with Crippen molar-refractivity contribution in [1.29, 1.82) is 0 Å². The molecule has 1 saturated heterocycles. The fraction of sp³-hybridized carbons (Fsp3) is 0.360. The Labute approximate surface area is 207 Å². The lowest BCUT2D eigenvalue weighted by molar-refractivity contribution is -0.136. The van der Waals surface area contributed by atoms with Gasteiger partial charge < -0.3 is 10.6 Å². The Kier molecular flexibility index (Phi) is 6.56. The number of hydrogen-bond donors (Lipinski definition) is 1. The van der Waals surface area contributed by atoms with Gasteiger partial charge in [0.2, 0.25) is 0 Å². The summed E-state index contributed by atoms with van der Waals surface area (Å²) in [6.07, 6.45) is -0.418. The van der Waals surface area contributed by atoms with Crippen LogP contribution in [-0.2, 0) is 17.4 Å². The molecule has 35 heavy (non-hydrogen) atoms. The van der Waals surface area contributed by atoms with E-state index in [2.05, 4.69) is 9.84 Å². The van der Waals surface area contributed by atoms with Crippen molar-refractivity contribution in [2.75, 3.05) is 16.8 Å². The van der Waals surface area contributed by atoms with Gasteiger partial charge in [0.1, 0.15) is 5.54 Å². The van der Waals surface area contributed by atoms with E-state index in [9.17, 15) is 18.0 Å². The van der Waals surface area contributed by atoms with Crippen LogP contribution < -0.4 is 15.5 Å². The predicted molar refractivity (Wildman–Crippen MR) is 134 cm³/mol. The minimum atomic E-state index is -4.72. The molecule has 2 aromatic carbocycles. The van der Waals surface area contributed by atoms with Crippen LogP contribution in [-0.4, -0.2) is 29.4 Å². The Hall–Kier alpha value is -3.45. The molecule has 6 nitrogen and oxygen atoms in total. The molecule has 0 radical (unpaired) electrons. The van der Waals surface area contributed by atoms with Crippen LogP contribution in [0.15, 0.2) is 47.5 Å². The molecule has 0 aromatic heterocycles. The molecule has 1 heterocycles. The predicted octanol–water partition coefficient (Wildman–Crippen LogP) is 5.63. The van der Waals surface area contributed by atoms with Crippen molar-refractivity contribution in [2.24, 2.45) is 10.7 Å². The van der Waals surface area contributed by atoms with E-state index in [4.69, 9.17) is 24.5 Å². The third kappa shape index (κ3) is 4.36. The molecule has 10 heteroatoms. The standard InChI is InChI=1S/C25H24F3N5OS/c1-30-20-12-11-18(15-19(20)25(26,27)28)32-22(34)24(13-4-14-24)33(23(32)35)17-9-7-16(8-10-17)5-3-6-21(29)31-2/h7-12,15H,3-6,13-14H2,2H3,(H2,29,31). The highest BCUT2D eigenvalue weighted by Crippen LogP contribution is 2.48. The highest BCUT2D eigenvalue weighted by atomic mass is 32.1. The number of aliphatic imine (C=N–C) groups is 1. The van der Waals surface area contributed by atoms with E-state index in [1.165, 1.54) is 11.0 Å². The number of anilines is 2. The molecule has 2 aromatic rings. The topological polar surface area (TPSA) is 66.3 Å². The van der Waals surface area contributed by atoms with E-state index in [0.717, 1.165) is 42.6 Å². The van der Waals surface area contributed by atoms with E-state index >= 15 is 0 Å². The van der Waals surface area contributed by atoms with Crippen LogP contribution in [0.2, 0.25) is 0 Å². The number of benzene rings is 2. The largest absolute Gasteiger partial charge is 0.407 e. The molecule has 2 aliphatic rings. The first-order valence-electron chi connectivity index (χ1n) is 11.2. The maximum Gasteiger partial charge on any atom is 0.407 e. The molecule has 1 aliphatic heterocycles. The van der Waals surface area contributed by atoms with E-state index in [1.807, 2.05) is 24.3 Å². The number of aryl methyl sites for hydroxylation is 1. The second-order valence-electron chi connectivity index (χ2n) is 8.69. The summed E-state index contributed by atoms with van der Waals surface area (Å²) in [5.41, 5.74) is 5.08. The second-order valence-corrected chi connectivity index (χ2v) is 9.05. The van der Waals surface area contributed by atoms with E-state index < -0.39 is 23.0 Å². The van der Waals surface area contributed by atoms with Crippen LogP contribution in [0.1, 0.15) is 43.2 Å². The average Bonchev–Trinajstić information content (AvgIpc) is 3.05. The van der Waals surface area contributed by atoms with Gasteiger partial charge in [0.25, 0.3) is 5.91 Å². The number of nitrogens with zero attached hydrogens (tertiary/aromatic N) is 4. The number of alkyl halides is 3. The van der Waals surface area contributed by atoms with Crippen LogP contribution in [0.25, 0.3) is 4.85 Å². The van der Waals surface area contributed by atoms with Gasteiger partial charge in [-0.05, 0) is 74.2 Å². The number of carbonyl (C=O) groups excluding carboxylic acids is 1. The molecule has 0 bridgehead atoms. The third-order valence-corrected chi connectivity index (χ3v) is 7.00. The molecule has 1 aliphatic carbocycles. The van der Waals surface area contributed by atoms with Crippen molar-refractivity contribution in [3.8, 4) is 0 Å². The fourth-order valence-electron chi connectivity index (χ4n) is 4.59. The highest BCUT2D eigenvalue weighted by molar-refractivity contribution is 7.81. The molecule has 1 amide bonds. The third-order valence-electron chi connectivity index (χ3n) is 6.64. The zero-order valence-electron chi connectivity index (χ0n) is 19.1. The van der Waals surface area contributed by atoms with Crippen LogP contribution in [0.3, 0.4) is 0 Å². The summed E-state index contributed by atoms with van der Waals surface area (Å²) in [6.45, 7) is 7.06. The number of rotatable bonds is 6. The van der Waals surface area contributed by atoms with Gasteiger partial charge in [0.15, 0.2) is 10.8 Å². The molecule has 4 rings (SSSR count). The Balaban J connectivity index is 1.64. The average molecular weight is 500 g/mol. The van der Waals surface area contributed by atoms with Crippen molar-refractivity contribution in [1.82, 2.24) is 0 Å². The summed E-state index contributed by atoms with van der Waals surface area (Å²) in [5, 5.41) is 0.137. The minimum Gasteiger partial charge on any atom is -0.387 e. The number of carbonyl (C=O) groups is 1. The summed E-state index contributed by atoms with van der Waals surface area (Å²) >= 11 is 5.66. The van der Waals surface area contributed by atoms with Crippen molar-refractivity contribution in [2.45, 2.75) is 50.2 Å². The smallest absolute Gasteiger partial charge is 0.387 e. The second kappa shape index (κ2) is 9.30. The molecule has 1 saturated carbocycles. The quantitative estimate of drug-likeness (QED) is 0.242. The Morgan fingerprint density at radius 3 is 2.40 bits per heavy atom. The molecule has 182 valence electrons. The molecule has 1 spiro atoms. The molecule has 0 unspecified atom stereocenters. The van der Waals surface area contributed by atoms with Crippen molar-refractivity contribution >= 4 is 46.1 Å². The van der Waals surface area contributed by atoms with Gasteiger partial charge in [0, 0.05) is 24.8 Å². The number of nitrogens with two attached hydrogens (primary N) is 1. The van der Waals surface area contributed by atoms with Crippen molar-refractivity contribution < 1.29 is 18.0 Å². The van der Waals surface area contributed by atoms with Gasteiger partial charge in [-0.25, -0.2) is 4.85 Å². The number of amides is 1. The van der Waals surface area contributed by atoms with Crippen molar-refractivity contribution in [3.05, 3.63) is 65.0 Å². The maximum absolute atomic E-state index is 13.6. The molecule has 2 N–H and O–H groups in total. The monoisotopic (exact) mass is 499 g/mol. The van der Waals surface area contributed by atoms with Crippen LogP contribution in [0, 0.1) is 6.57 Å². The molecule has 2 fully saturated rings.